The molecule has 0 aliphatic carbocycles. The van der Waals surface area contributed by atoms with Crippen molar-refractivity contribution in [3.05, 3.63) is 88.1 Å². The van der Waals surface area contributed by atoms with E-state index in [0.717, 1.165) is 57.4 Å². The average Bonchev–Trinajstić information content (AvgIpc) is 2.84. The molecule has 5 heteroatoms. The zero-order chi connectivity index (χ0) is 21.7. The summed E-state index contributed by atoms with van der Waals surface area (Å²) in [5.74, 6) is 0.894. The Hall–Kier alpha value is -1.81. The van der Waals surface area contributed by atoms with Gasteiger partial charge in [-0.25, -0.2) is 0 Å². The Balaban J connectivity index is 2.05. The summed E-state index contributed by atoms with van der Waals surface area (Å²) < 4.78 is 5.62. The van der Waals surface area contributed by atoms with Gasteiger partial charge in [0.1, 0.15) is 0 Å². The number of allylic oxidation sites excluding steroid dienone is 2. The number of hydrogen-bond donors (Lipinski definition) is 1. The number of thiocarbonyl (C=S) groups is 1. The third kappa shape index (κ3) is 5.26. The van der Waals surface area contributed by atoms with Gasteiger partial charge in [-0.15, -0.1) is 6.58 Å². The molecule has 1 heterocycles. The highest BCUT2D eigenvalue weighted by Crippen LogP contribution is 2.44. The third-order valence-electron chi connectivity index (χ3n) is 5.46. The average molecular weight is 460 g/mol. The lowest BCUT2D eigenvalue weighted by atomic mass is 9.82. The molecular formula is C25H27Cl2NOS. The summed E-state index contributed by atoms with van der Waals surface area (Å²) in [7, 11) is 0. The zero-order valence-corrected chi connectivity index (χ0v) is 19.5. The molecule has 0 aromatic heterocycles. The molecule has 2 aromatic carbocycles. The van der Waals surface area contributed by atoms with Gasteiger partial charge in [-0.3, -0.25) is 0 Å². The summed E-state index contributed by atoms with van der Waals surface area (Å²) in [5, 5.41) is 4.94. The molecule has 2 aromatic rings. The molecular weight excluding hydrogens is 433 g/mol. The Morgan fingerprint density at radius 2 is 2.07 bits per heavy atom. The van der Waals surface area contributed by atoms with Crippen molar-refractivity contribution in [2.24, 2.45) is 5.92 Å². The second kappa shape index (κ2) is 10.5. The van der Waals surface area contributed by atoms with Crippen LogP contribution in [0.3, 0.4) is 0 Å². The number of hydrogen-bond acceptors (Lipinski definition) is 2. The van der Waals surface area contributed by atoms with Crippen LogP contribution in [-0.4, -0.2) is 11.6 Å². The maximum atomic E-state index is 6.91. The van der Waals surface area contributed by atoms with E-state index in [-0.39, 0.29) is 11.8 Å². The van der Waals surface area contributed by atoms with Gasteiger partial charge in [0.25, 0.3) is 0 Å². The van der Waals surface area contributed by atoms with Crippen LogP contribution in [-0.2, 0) is 11.2 Å². The van der Waals surface area contributed by atoms with Crippen LogP contribution in [0.15, 0.2) is 61.4 Å². The molecule has 0 spiro atoms. The molecule has 0 amide bonds. The SMILES string of the molecule is C=CCCc1cccc(C2C[C@H](CC(=C)OCC)C(=S)Nc3ccc(Cl)cc32)c1Cl. The summed E-state index contributed by atoms with van der Waals surface area (Å²) >= 11 is 19.1. The lowest BCUT2D eigenvalue weighted by Gasteiger charge is -2.24. The van der Waals surface area contributed by atoms with Crippen molar-refractivity contribution in [1.29, 1.82) is 0 Å². The quantitative estimate of drug-likeness (QED) is 0.245. The second-order valence-electron chi connectivity index (χ2n) is 7.53. The number of fused-ring (bicyclic) bond motifs is 1. The summed E-state index contributed by atoms with van der Waals surface area (Å²) in [5.41, 5.74) is 4.32. The van der Waals surface area contributed by atoms with Gasteiger partial charge in [0.2, 0.25) is 0 Å². The number of ether oxygens (including phenoxy) is 1. The number of rotatable bonds is 8. The van der Waals surface area contributed by atoms with Crippen molar-refractivity contribution in [2.75, 3.05) is 11.9 Å². The largest absolute Gasteiger partial charge is 0.499 e. The van der Waals surface area contributed by atoms with Crippen molar-refractivity contribution in [1.82, 2.24) is 0 Å². The topological polar surface area (TPSA) is 21.3 Å². The fraction of sp³-hybridized carbons (Fsp3) is 0.320. The van der Waals surface area contributed by atoms with Crippen LogP contribution in [0.4, 0.5) is 5.69 Å². The van der Waals surface area contributed by atoms with Gasteiger partial charge in [-0.1, -0.05) is 66.3 Å². The monoisotopic (exact) mass is 459 g/mol. The zero-order valence-electron chi connectivity index (χ0n) is 17.2. The number of benzene rings is 2. The third-order valence-corrected chi connectivity index (χ3v) is 6.59. The molecule has 2 atom stereocenters. The molecule has 0 bridgehead atoms. The molecule has 1 N–H and O–H groups in total. The van der Waals surface area contributed by atoms with Crippen LogP contribution in [0.5, 0.6) is 0 Å². The van der Waals surface area contributed by atoms with E-state index in [9.17, 15) is 0 Å². The molecule has 30 heavy (non-hydrogen) atoms. The fourth-order valence-electron chi connectivity index (χ4n) is 4.02. The van der Waals surface area contributed by atoms with Gasteiger partial charge in [0.05, 0.1) is 17.4 Å². The Kier molecular flexibility index (Phi) is 7.99. The van der Waals surface area contributed by atoms with Gasteiger partial charge in [0.15, 0.2) is 0 Å². The highest BCUT2D eigenvalue weighted by Gasteiger charge is 2.31. The van der Waals surface area contributed by atoms with E-state index < -0.39 is 0 Å². The van der Waals surface area contributed by atoms with Gasteiger partial charge in [-0.05, 0) is 61.1 Å². The van der Waals surface area contributed by atoms with E-state index in [0.29, 0.717) is 18.1 Å². The first kappa shape index (κ1) is 22.9. The molecule has 0 saturated carbocycles. The van der Waals surface area contributed by atoms with Gasteiger partial charge in [-0.2, -0.15) is 0 Å². The first-order chi connectivity index (χ1) is 14.4. The number of nitrogens with one attached hydrogen (secondary N) is 1. The summed E-state index contributed by atoms with van der Waals surface area (Å²) in [6, 6.07) is 12.2. The smallest absolute Gasteiger partial charge is 0.0895 e. The lowest BCUT2D eigenvalue weighted by molar-refractivity contribution is 0.213. The summed E-state index contributed by atoms with van der Waals surface area (Å²) in [6.07, 6.45) is 5.15. The number of halogens is 2. The van der Waals surface area contributed by atoms with Crippen LogP contribution in [0.2, 0.25) is 10.0 Å². The van der Waals surface area contributed by atoms with Crippen molar-refractivity contribution in [3.8, 4) is 0 Å². The van der Waals surface area contributed by atoms with E-state index in [1.165, 1.54) is 0 Å². The highest BCUT2D eigenvalue weighted by atomic mass is 35.5. The minimum Gasteiger partial charge on any atom is -0.499 e. The molecule has 1 aliphatic rings. The van der Waals surface area contributed by atoms with Crippen molar-refractivity contribution < 1.29 is 4.74 Å². The van der Waals surface area contributed by atoms with Crippen LogP contribution in [0.1, 0.15) is 48.8 Å². The first-order valence-corrected chi connectivity index (χ1v) is 11.4. The van der Waals surface area contributed by atoms with Crippen molar-refractivity contribution in [3.63, 3.8) is 0 Å². The van der Waals surface area contributed by atoms with Gasteiger partial charge in [0, 0.05) is 34.0 Å². The Morgan fingerprint density at radius 1 is 1.27 bits per heavy atom. The first-order valence-electron chi connectivity index (χ1n) is 10.2. The molecule has 158 valence electrons. The molecule has 2 nitrogen and oxygen atoms in total. The molecule has 0 radical (unpaired) electrons. The predicted octanol–water partition coefficient (Wildman–Crippen LogP) is 7.94. The van der Waals surface area contributed by atoms with Crippen molar-refractivity contribution >= 4 is 46.1 Å². The molecule has 1 unspecified atom stereocenters. The van der Waals surface area contributed by atoms with E-state index in [1.54, 1.807) is 0 Å². The maximum Gasteiger partial charge on any atom is 0.0895 e. The predicted molar refractivity (Wildman–Crippen MR) is 133 cm³/mol. The molecule has 3 rings (SSSR count). The van der Waals surface area contributed by atoms with Crippen molar-refractivity contribution in [2.45, 2.75) is 38.5 Å². The van der Waals surface area contributed by atoms with E-state index in [2.05, 4.69) is 36.7 Å². The standard InChI is InChI=1S/C25H27Cl2NOS/c1-4-6-8-17-9-7-10-20(24(17)27)21-14-18(13-16(3)29-5-2)25(30)28-23-12-11-19(26)15-22(21)23/h4,7,9-12,15,18,21H,1,3,5-6,8,13-14H2,2H3,(H,28,30)/t18-,21?/m0/s1. The molecule has 0 fully saturated rings. The fourth-order valence-corrected chi connectivity index (χ4v) is 4.84. The Labute approximate surface area is 194 Å². The summed E-state index contributed by atoms with van der Waals surface area (Å²) in [6.45, 7) is 10.5. The van der Waals surface area contributed by atoms with E-state index in [1.807, 2.05) is 31.2 Å². The maximum absolute atomic E-state index is 6.91. The van der Waals surface area contributed by atoms with Crippen LogP contribution < -0.4 is 5.32 Å². The number of aryl methyl sites for hydroxylation is 1. The molecule has 0 saturated heterocycles. The Morgan fingerprint density at radius 3 is 2.80 bits per heavy atom. The van der Waals surface area contributed by atoms with Gasteiger partial charge < -0.3 is 10.1 Å². The number of anilines is 1. The van der Waals surface area contributed by atoms with Crippen LogP contribution in [0.25, 0.3) is 0 Å². The molecule has 1 aliphatic heterocycles. The van der Waals surface area contributed by atoms with Crippen LogP contribution >= 0.6 is 35.4 Å². The Bertz CT molecular complexity index is 956. The van der Waals surface area contributed by atoms with Gasteiger partial charge >= 0.3 is 0 Å². The minimum absolute atomic E-state index is 0.0576. The van der Waals surface area contributed by atoms with E-state index in [4.69, 9.17) is 40.2 Å². The highest BCUT2D eigenvalue weighted by molar-refractivity contribution is 7.80. The van der Waals surface area contributed by atoms with E-state index >= 15 is 0 Å². The van der Waals surface area contributed by atoms with Crippen LogP contribution in [0, 0.1) is 5.92 Å². The normalized spacial score (nSPS) is 18.2. The minimum atomic E-state index is 0.0576. The summed E-state index contributed by atoms with van der Waals surface area (Å²) in [4.78, 5) is 0.792. The lowest BCUT2D eigenvalue weighted by Crippen LogP contribution is -2.21. The second-order valence-corrected chi connectivity index (χ2v) is 8.78.